The molecule has 0 amide bonds. The van der Waals surface area contributed by atoms with Gasteiger partial charge in [0.05, 0.1) is 0 Å². The Morgan fingerprint density at radius 1 is 1.17 bits per heavy atom. The summed E-state index contributed by atoms with van der Waals surface area (Å²) in [5.41, 5.74) is 0.665. The van der Waals surface area contributed by atoms with Gasteiger partial charge in [0.2, 0.25) is 5.95 Å². The lowest BCUT2D eigenvalue weighted by atomic mass is 10.2. The van der Waals surface area contributed by atoms with Gasteiger partial charge in [0.25, 0.3) is 0 Å². The van der Waals surface area contributed by atoms with Gasteiger partial charge >= 0.3 is 6.18 Å². The van der Waals surface area contributed by atoms with Gasteiger partial charge in [0.15, 0.2) is 5.69 Å². The van der Waals surface area contributed by atoms with Crippen molar-refractivity contribution in [2.24, 2.45) is 0 Å². The molecule has 1 aliphatic carbocycles. The SMILES string of the molecule is Cc1cc(Nc2cc(C(F)(F)F)nc(NC3CC3)n2)ccc1Br. The Kier molecular flexibility index (Phi) is 4.18. The molecule has 3 rings (SSSR count). The van der Waals surface area contributed by atoms with Gasteiger partial charge in [0, 0.05) is 22.3 Å². The number of alkyl halides is 3. The van der Waals surface area contributed by atoms with Gasteiger partial charge in [-0.1, -0.05) is 15.9 Å². The molecule has 0 aliphatic heterocycles. The van der Waals surface area contributed by atoms with Gasteiger partial charge in [-0.05, 0) is 43.5 Å². The molecule has 122 valence electrons. The smallest absolute Gasteiger partial charge is 0.351 e. The van der Waals surface area contributed by atoms with Gasteiger partial charge in [-0.25, -0.2) is 4.98 Å². The zero-order valence-electron chi connectivity index (χ0n) is 12.2. The number of nitrogens with one attached hydrogen (secondary N) is 2. The summed E-state index contributed by atoms with van der Waals surface area (Å²) >= 11 is 3.39. The predicted octanol–water partition coefficient (Wildman–Crippen LogP) is 4.88. The molecule has 23 heavy (non-hydrogen) atoms. The van der Waals surface area contributed by atoms with E-state index in [0.717, 1.165) is 28.9 Å². The van der Waals surface area contributed by atoms with Crippen molar-refractivity contribution in [1.82, 2.24) is 9.97 Å². The van der Waals surface area contributed by atoms with Crippen molar-refractivity contribution < 1.29 is 13.2 Å². The van der Waals surface area contributed by atoms with Gasteiger partial charge in [-0.2, -0.15) is 18.2 Å². The molecule has 1 heterocycles. The fraction of sp³-hybridized carbons (Fsp3) is 0.333. The van der Waals surface area contributed by atoms with E-state index in [4.69, 9.17) is 0 Å². The van der Waals surface area contributed by atoms with Crippen LogP contribution in [0.4, 0.5) is 30.6 Å². The van der Waals surface area contributed by atoms with E-state index in [0.29, 0.717) is 5.69 Å². The van der Waals surface area contributed by atoms with Crippen LogP contribution >= 0.6 is 15.9 Å². The molecule has 8 heteroatoms. The molecular formula is C15H14BrF3N4. The molecule has 1 aromatic carbocycles. The molecule has 0 bridgehead atoms. The maximum atomic E-state index is 13.0. The van der Waals surface area contributed by atoms with E-state index in [1.54, 1.807) is 6.07 Å². The number of benzene rings is 1. The molecule has 1 saturated carbocycles. The van der Waals surface area contributed by atoms with Crippen molar-refractivity contribution >= 4 is 33.4 Å². The summed E-state index contributed by atoms with van der Waals surface area (Å²) < 4.78 is 39.9. The Morgan fingerprint density at radius 2 is 1.91 bits per heavy atom. The molecule has 0 spiro atoms. The van der Waals surface area contributed by atoms with Crippen LogP contribution in [0.15, 0.2) is 28.7 Å². The van der Waals surface area contributed by atoms with E-state index in [-0.39, 0.29) is 17.8 Å². The minimum atomic E-state index is -4.52. The van der Waals surface area contributed by atoms with E-state index < -0.39 is 11.9 Å². The normalized spacial score (nSPS) is 14.7. The van der Waals surface area contributed by atoms with Gasteiger partial charge in [-0.3, -0.25) is 0 Å². The van der Waals surface area contributed by atoms with Crippen LogP contribution in [0.3, 0.4) is 0 Å². The molecule has 0 radical (unpaired) electrons. The largest absolute Gasteiger partial charge is 0.433 e. The highest BCUT2D eigenvalue weighted by molar-refractivity contribution is 9.10. The van der Waals surface area contributed by atoms with Crippen LogP contribution in [0, 0.1) is 6.92 Å². The number of halogens is 4. The second-order valence-corrected chi connectivity index (χ2v) is 6.32. The topological polar surface area (TPSA) is 49.8 Å². The molecule has 1 aliphatic rings. The Hall–Kier alpha value is -1.83. The summed E-state index contributed by atoms with van der Waals surface area (Å²) in [6.45, 7) is 1.90. The van der Waals surface area contributed by atoms with Gasteiger partial charge in [0.1, 0.15) is 5.82 Å². The maximum absolute atomic E-state index is 13.0. The highest BCUT2D eigenvalue weighted by atomic mass is 79.9. The summed E-state index contributed by atoms with van der Waals surface area (Å²) in [6.07, 6.45) is -2.67. The van der Waals surface area contributed by atoms with Crippen molar-refractivity contribution in [3.8, 4) is 0 Å². The first-order chi connectivity index (χ1) is 10.8. The monoisotopic (exact) mass is 386 g/mol. The number of aromatic nitrogens is 2. The van der Waals surface area contributed by atoms with Crippen LogP contribution in [-0.2, 0) is 6.18 Å². The Morgan fingerprint density at radius 3 is 2.52 bits per heavy atom. The van der Waals surface area contributed by atoms with Crippen LogP contribution in [0.5, 0.6) is 0 Å². The Balaban J connectivity index is 1.91. The molecule has 2 aromatic rings. The Labute approximate surface area is 139 Å². The first-order valence-corrected chi connectivity index (χ1v) is 7.86. The number of rotatable bonds is 4. The molecule has 1 fully saturated rings. The van der Waals surface area contributed by atoms with E-state index in [1.807, 2.05) is 19.1 Å². The van der Waals surface area contributed by atoms with Crippen LogP contribution in [0.1, 0.15) is 24.1 Å². The van der Waals surface area contributed by atoms with Gasteiger partial charge in [-0.15, -0.1) is 0 Å². The molecule has 1 aromatic heterocycles. The predicted molar refractivity (Wildman–Crippen MR) is 85.8 cm³/mol. The molecule has 2 N–H and O–H groups in total. The number of nitrogens with zero attached hydrogens (tertiary/aromatic N) is 2. The Bertz CT molecular complexity index is 729. The second-order valence-electron chi connectivity index (χ2n) is 5.47. The highest BCUT2D eigenvalue weighted by Gasteiger charge is 2.34. The van der Waals surface area contributed by atoms with E-state index in [1.165, 1.54) is 0 Å². The fourth-order valence-electron chi connectivity index (χ4n) is 2.00. The van der Waals surface area contributed by atoms with Crippen LogP contribution < -0.4 is 10.6 Å². The zero-order chi connectivity index (χ0) is 16.6. The number of hydrogen-bond acceptors (Lipinski definition) is 4. The third-order valence-electron chi connectivity index (χ3n) is 3.36. The lowest BCUT2D eigenvalue weighted by Gasteiger charge is -2.13. The zero-order valence-corrected chi connectivity index (χ0v) is 13.8. The molecule has 4 nitrogen and oxygen atoms in total. The minimum absolute atomic E-state index is 0.00124. The lowest BCUT2D eigenvalue weighted by molar-refractivity contribution is -0.141. The van der Waals surface area contributed by atoms with Crippen LogP contribution in [0.2, 0.25) is 0 Å². The van der Waals surface area contributed by atoms with Gasteiger partial charge < -0.3 is 10.6 Å². The average molecular weight is 387 g/mol. The van der Waals surface area contributed by atoms with Crippen molar-refractivity contribution in [3.05, 3.63) is 40.0 Å². The van der Waals surface area contributed by atoms with E-state index in [2.05, 4.69) is 36.5 Å². The van der Waals surface area contributed by atoms with Crippen LogP contribution in [0.25, 0.3) is 0 Å². The summed E-state index contributed by atoms with van der Waals surface area (Å²) in [4.78, 5) is 7.69. The van der Waals surface area contributed by atoms with Crippen molar-refractivity contribution in [3.63, 3.8) is 0 Å². The molecular weight excluding hydrogens is 373 g/mol. The summed E-state index contributed by atoms with van der Waals surface area (Å²) in [5.74, 6) is 0.107. The fourth-order valence-corrected chi connectivity index (χ4v) is 2.25. The maximum Gasteiger partial charge on any atom is 0.433 e. The molecule has 0 unspecified atom stereocenters. The quantitative estimate of drug-likeness (QED) is 0.785. The van der Waals surface area contributed by atoms with Crippen molar-refractivity contribution in [2.45, 2.75) is 32.0 Å². The van der Waals surface area contributed by atoms with E-state index >= 15 is 0 Å². The lowest BCUT2D eigenvalue weighted by Crippen LogP contribution is -2.14. The minimum Gasteiger partial charge on any atom is -0.351 e. The molecule has 0 saturated heterocycles. The highest BCUT2D eigenvalue weighted by Crippen LogP contribution is 2.32. The first-order valence-electron chi connectivity index (χ1n) is 7.07. The van der Waals surface area contributed by atoms with Crippen LogP contribution in [-0.4, -0.2) is 16.0 Å². The number of aryl methyl sites for hydroxylation is 1. The standard InChI is InChI=1S/C15H14BrF3N4/c1-8-6-10(4-5-11(8)16)20-13-7-12(15(17,18)19)22-14(23-13)21-9-2-3-9/h4-7,9H,2-3H2,1H3,(H2,20,21,22,23). The summed E-state index contributed by atoms with van der Waals surface area (Å²) in [7, 11) is 0. The molecule has 0 atom stereocenters. The second kappa shape index (κ2) is 5.99. The summed E-state index contributed by atoms with van der Waals surface area (Å²) in [6, 6.07) is 6.50. The number of anilines is 3. The van der Waals surface area contributed by atoms with E-state index in [9.17, 15) is 13.2 Å². The summed E-state index contributed by atoms with van der Waals surface area (Å²) in [5, 5.41) is 5.81. The number of hydrogen-bond donors (Lipinski definition) is 2. The third-order valence-corrected chi connectivity index (χ3v) is 4.25. The average Bonchev–Trinajstić information content (AvgIpc) is 3.26. The first kappa shape index (κ1) is 16.0. The third kappa shape index (κ3) is 4.13. The van der Waals surface area contributed by atoms with Crippen molar-refractivity contribution in [2.75, 3.05) is 10.6 Å². The van der Waals surface area contributed by atoms with Crippen molar-refractivity contribution in [1.29, 1.82) is 0 Å².